The smallest absolute Gasteiger partial charge is 0.369 e. The Morgan fingerprint density at radius 3 is 0.760 bits per heavy atom. The third-order valence-electron chi connectivity index (χ3n) is 32.8. The van der Waals surface area contributed by atoms with Crippen LogP contribution in [0.3, 0.4) is 0 Å². The maximum Gasteiger partial charge on any atom is 0.369 e. The summed E-state index contributed by atoms with van der Waals surface area (Å²) in [6.07, 6.45) is -2.15. The number of rotatable bonds is 42. The highest BCUT2D eigenvalue weighted by Crippen LogP contribution is 2.65. The topological polar surface area (TPSA) is 650 Å². The number of hydrogen-bond donors (Lipinski definition) is 0. The third-order valence-corrected chi connectivity index (χ3v) is 36.8. The molecule has 56 heteroatoms. The molecule has 28 unspecified atom stereocenters. The summed E-state index contributed by atoms with van der Waals surface area (Å²) in [6.45, 7) is 10.0. The highest BCUT2D eigenvalue weighted by molar-refractivity contribution is 7.87. The lowest BCUT2D eigenvalue weighted by molar-refractivity contribution is -0.176. The average molecular weight is 2230 g/mol. The Labute approximate surface area is 856 Å². The molecule has 150 heavy (non-hydrogen) atoms. The predicted octanol–water partition coefficient (Wildman–Crippen LogP) is 8.07. The summed E-state index contributed by atoms with van der Waals surface area (Å²) in [7, 11) is -24.3. The van der Waals surface area contributed by atoms with Gasteiger partial charge in [0.1, 0.15) is 71.2 Å². The third kappa shape index (κ3) is 24.0. The SMILES string of the molecule is CC(OC(=O)CCC(=O)OC1C2CC3C1OC(=O)C3C2C(=O)OC1(C)CCCC1)C(F)(F)S(=O)(=O)[O-].CCC1(OC(=O)C2C3CC4C(OC(=O)C42)C3OC(=O)CCC(=O)OC(C)C(F)(F)S(=O)(=O)[O-])CCCC1.CCCC1(OC(=O)C2C3CC4C(OC(=O)C42)C3OC(=O)CCC(=O)OC(C)C(F)(F)S(=O)(=O)[O-])CCCC1.CCCCC1(OC(=O)C2C3CC4C(OC(=O)C42)C3OC(=O)CCC(=O)OC(C)C(F)(F)S(=O)(=O)[O-])CCCC1. The molecule has 0 amide bonds. The van der Waals surface area contributed by atoms with Crippen LogP contribution in [0, 0.1) is 94.7 Å². The minimum atomic E-state index is -6.07. The molecule has 0 aromatic carbocycles. The first-order valence-electron chi connectivity index (χ1n) is 50.4. The molecule has 844 valence electrons. The van der Waals surface area contributed by atoms with Crippen LogP contribution in [0.2, 0.25) is 0 Å². The van der Waals surface area contributed by atoms with Crippen molar-refractivity contribution in [1.82, 2.24) is 0 Å². The Morgan fingerprint density at radius 1 is 0.320 bits per heavy atom. The second-order valence-electron chi connectivity index (χ2n) is 42.2. The van der Waals surface area contributed by atoms with Gasteiger partial charge in [-0.2, -0.15) is 35.1 Å². The standard InChI is InChI=1S/C25H34F2O11S.C24H32F2O11S.C23H30F2O11S.C22H28F2O11S/c1-3-4-9-24(10-5-6-11-24)38-23(31)19-15-12-14-18(19)22(30)37-21(14)20(15)36-17(29)8-7-16(28)35-13(2)25(26,27)39(32,33)34;1-3-8-23(9-4-5-10-23)37-22(30)18-14-11-13-17(18)21(29)36-20(13)19(14)35-16(28)7-6-15(27)34-12(2)24(25,26)38(31,32)33;1-3-22(8-4-5-9-22)36-21(29)17-13-10-12-16(17)20(28)35-19(12)18(13)34-15(27)7-6-14(26)33-11(2)23(24,25)37(30,31)32;1-10(22(23,24)36(29,30)31)32-13(25)5-6-14(26)33-17-12-9-11-15(19(27)34-18(11)17)16(12)20(28)35-21(2)7-3-4-8-21/h13-15,18-21H,3-12H2,1-2H3,(H,32,33,34);12-14,17-20H,3-11H2,1-2H3,(H,31,32,33);11-13,16-19H,3-10H2,1-2H3,(H,30,31,32);10-12,15-18H,3-9H2,1-2H3,(H,29,30,31)/p-4. The maximum absolute atomic E-state index is 13.5. The monoisotopic (exact) mass is 2230 g/mol. The van der Waals surface area contributed by atoms with Crippen molar-refractivity contribution in [3.63, 3.8) is 0 Å². The van der Waals surface area contributed by atoms with Gasteiger partial charge in [-0.1, -0.05) is 33.6 Å². The van der Waals surface area contributed by atoms with Crippen LogP contribution in [0.4, 0.5) is 35.1 Å². The molecule has 0 N–H and O–H groups in total. The first-order chi connectivity index (χ1) is 69.8. The van der Waals surface area contributed by atoms with Gasteiger partial charge >= 0.3 is 117 Å². The zero-order chi connectivity index (χ0) is 111. The van der Waals surface area contributed by atoms with Crippen LogP contribution in [-0.2, 0) is 193 Å². The van der Waals surface area contributed by atoms with Crippen molar-refractivity contribution in [1.29, 1.82) is 0 Å². The minimum Gasteiger partial charge on any atom is -0.743 e. The molecular weight excluding hydrogens is 2110 g/mol. The second kappa shape index (κ2) is 44.8. The van der Waals surface area contributed by atoms with Crippen molar-refractivity contribution in [3.05, 3.63) is 0 Å². The highest BCUT2D eigenvalue weighted by atomic mass is 32.2. The molecule has 0 aromatic rings. The fourth-order valence-electron chi connectivity index (χ4n) is 25.4. The lowest BCUT2D eigenvalue weighted by atomic mass is 9.78. The average Bonchev–Trinajstić information content (AvgIpc) is 1.56. The number of alkyl halides is 8. The maximum atomic E-state index is 13.5. The second-order valence-corrected chi connectivity index (χ2v) is 48.0. The van der Waals surface area contributed by atoms with E-state index in [0.717, 1.165) is 135 Å². The molecule has 4 saturated heterocycles. The highest BCUT2D eigenvalue weighted by Gasteiger charge is 2.75. The van der Waals surface area contributed by atoms with E-state index in [9.17, 15) is 164 Å². The van der Waals surface area contributed by atoms with Crippen LogP contribution in [0.5, 0.6) is 0 Å². The largest absolute Gasteiger partial charge is 0.743 e. The van der Waals surface area contributed by atoms with E-state index in [2.05, 4.69) is 25.9 Å². The van der Waals surface area contributed by atoms with Gasteiger partial charge in [0, 0.05) is 47.3 Å². The molecule has 4 heterocycles. The summed E-state index contributed by atoms with van der Waals surface area (Å²) in [5.74, 6) is -22.4. The van der Waals surface area contributed by atoms with Gasteiger partial charge in [0.2, 0.25) is 0 Å². The Balaban J connectivity index is 0.000000167. The van der Waals surface area contributed by atoms with Crippen molar-refractivity contribution >= 4 is 136 Å². The number of hydrogen-bond acceptors (Lipinski definition) is 44. The predicted molar refractivity (Wildman–Crippen MR) is 471 cm³/mol. The number of fused-ring (bicyclic) bond motifs is 4. The van der Waals surface area contributed by atoms with Gasteiger partial charge in [-0.05, 0) is 189 Å². The number of carbonyl (C=O) groups excluding carboxylic acids is 16. The summed E-state index contributed by atoms with van der Waals surface area (Å²) in [6, 6.07) is 0. The number of carbonyl (C=O) groups is 16. The molecule has 12 saturated carbocycles. The van der Waals surface area contributed by atoms with Crippen LogP contribution in [0.25, 0.3) is 0 Å². The number of esters is 16. The molecule has 16 aliphatic rings. The molecule has 0 aromatic heterocycles. The number of unbranched alkanes of at least 4 members (excludes halogenated alkanes) is 1. The van der Waals surface area contributed by atoms with E-state index in [0.29, 0.717) is 59.8 Å². The Kier molecular flexibility index (Phi) is 35.2. The lowest BCUT2D eigenvalue weighted by Gasteiger charge is -2.34. The van der Waals surface area contributed by atoms with E-state index in [1.165, 1.54) is 0 Å². The van der Waals surface area contributed by atoms with E-state index in [1.807, 2.05) is 20.8 Å². The van der Waals surface area contributed by atoms with Crippen LogP contribution in [0.15, 0.2) is 0 Å². The van der Waals surface area contributed by atoms with Crippen LogP contribution in [-0.4, -0.2) is 264 Å². The van der Waals surface area contributed by atoms with Crippen molar-refractivity contribution in [2.75, 3.05) is 0 Å². The molecule has 28 atom stereocenters. The van der Waals surface area contributed by atoms with Gasteiger partial charge in [0.15, 0.2) is 64.9 Å². The summed E-state index contributed by atoms with van der Waals surface area (Å²) >= 11 is 0. The molecule has 12 aliphatic carbocycles. The van der Waals surface area contributed by atoms with Crippen LogP contribution >= 0.6 is 0 Å². The zero-order valence-electron chi connectivity index (χ0n) is 82.8. The van der Waals surface area contributed by atoms with Gasteiger partial charge in [-0.25, -0.2) is 33.7 Å². The van der Waals surface area contributed by atoms with Crippen molar-refractivity contribution in [2.24, 2.45) is 94.7 Å². The van der Waals surface area contributed by atoms with Gasteiger partial charge in [0.25, 0.3) is 0 Å². The van der Waals surface area contributed by atoms with Gasteiger partial charge in [-0.3, -0.25) is 76.7 Å². The molecule has 16 fully saturated rings. The molecule has 16 rings (SSSR count). The van der Waals surface area contributed by atoms with E-state index in [4.69, 9.17) is 56.8 Å². The normalized spacial score (nSPS) is 32.3. The van der Waals surface area contributed by atoms with E-state index >= 15 is 0 Å². The summed E-state index contributed by atoms with van der Waals surface area (Å²) < 4.78 is 321. The van der Waals surface area contributed by atoms with Crippen molar-refractivity contribution < 1.29 is 240 Å². The van der Waals surface area contributed by atoms with Crippen molar-refractivity contribution in [2.45, 2.75) is 390 Å². The van der Waals surface area contributed by atoms with Crippen LogP contribution < -0.4 is 0 Å². The van der Waals surface area contributed by atoms with Gasteiger partial charge in [-0.15, -0.1) is 0 Å². The lowest BCUT2D eigenvalue weighted by Crippen LogP contribution is -2.46. The molecular formula is C94H120F8O44S4-4. The summed E-state index contributed by atoms with van der Waals surface area (Å²) in [5, 5.41) is -19.4. The Hall–Kier alpha value is -9.40. The molecule has 0 spiro atoms. The molecule has 8 bridgehead atoms. The quantitative estimate of drug-likeness (QED) is 0.0241. The fraction of sp³-hybridized carbons (Fsp3) is 0.830. The molecule has 0 radical (unpaired) electrons. The fourth-order valence-corrected chi connectivity index (χ4v) is 27.2. The zero-order valence-corrected chi connectivity index (χ0v) is 86.1. The van der Waals surface area contributed by atoms with Crippen LogP contribution in [0.1, 0.15) is 274 Å². The van der Waals surface area contributed by atoms with Gasteiger partial charge < -0.3 is 94.0 Å². The van der Waals surface area contributed by atoms with Crippen molar-refractivity contribution in [3.8, 4) is 0 Å². The van der Waals surface area contributed by atoms with E-state index in [-0.39, 0.29) is 23.7 Å². The van der Waals surface area contributed by atoms with E-state index < -0.39 is 375 Å². The van der Waals surface area contributed by atoms with Gasteiger partial charge in [0.05, 0.1) is 98.7 Å². The first-order valence-corrected chi connectivity index (χ1v) is 56.0. The summed E-state index contributed by atoms with van der Waals surface area (Å²) in [5.41, 5.74) is -2.27. The van der Waals surface area contributed by atoms with E-state index in [1.54, 1.807) is 0 Å². The Bertz CT molecular complexity index is 5660. The number of halogens is 8. The first kappa shape index (κ1) is 118. The summed E-state index contributed by atoms with van der Waals surface area (Å²) in [4.78, 5) is 201. The molecule has 4 aliphatic heterocycles. The number of ether oxygens (including phenoxy) is 16. The Morgan fingerprint density at radius 2 is 0.533 bits per heavy atom. The molecule has 44 nitrogen and oxygen atoms in total. The minimum absolute atomic E-state index is 0.309.